The molecular weight excluding hydrogens is 467 g/mol. The molecule has 12 heteroatoms. The Hall–Kier alpha value is -2.14. The second kappa shape index (κ2) is 8.09. The molecule has 1 N–H and O–H groups in total. The van der Waals surface area contributed by atoms with Gasteiger partial charge in [0.1, 0.15) is 5.60 Å². The van der Waals surface area contributed by atoms with Crippen LogP contribution in [0.15, 0.2) is 41.5 Å². The van der Waals surface area contributed by atoms with Gasteiger partial charge in [-0.2, -0.15) is 4.98 Å². The zero-order valence-electron chi connectivity index (χ0n) is 17.3. The average molecular weight is 489 g/mol. The predicted octanol–water partition coefficient (Wildman–Crippen LogP) is 3.73. The molecule has 1 aliphatic rings. The van der Waals surface area contributed by atoms with Crippen LogP contribution >= 0.6 is 23.2 Å². The van der Waals surface area contributed by atoms with Crippen molar-refractivity contribution in [2.75, 3.05) is 18.3 Å². The smallest absolute Gasteiger partial charge is 0.416 e. The first-order valence-corrected chi connectivity index (χ1v) is 11.9. The van der Waals surface area contributed by atoms with E-state index in [1.165, 1.54) is 36.1 Å². The fraction of sp³-hybridized carbons (Fsp3) is 0.421. The third-order valence-corrected chi connectivity index (χ3v) is 6.89. The zero-order chi connectivity index (χ0) is 23.2. The van der Waals surface area contributed by atoms with Crippen molar-refractivity contribution in [1.82, 2.24) is 14.6 Å². The van der Waals surface area contributed by atoms with E-state index in [0.29, 0.717) is 10.7 Å². The molecular formula is C19H22Cl2N4O5S. The normalized spacial score (nSPS) is 23.9. The highest BCUT2D eigenvalue weighted by Crippen LogP contribution is 2.47. The fourth-order valence-electron chi connectivity index (χ4n) is 3.61. The van der Waals surface area contributed by atoms with Crippen LogP contribution in [0.5, 0.6) is 0 Å². The summed E-state index contributed by atoms with van der Waals surface area (Å²) in [6.07, 6.45) is 5.24. The molecule has 31 heavy (non-hydrogen) atoms. The fourth-order valence-corrected chi connectivity index (χ4v) is 4.91. The van der Waals surface area contributed by atoms with Gasteiger partial charge in [0.2, 0.25) is 0 Å². The van der Waals surface area contributed by atoms with E-state index >= 15 is 0 Å². The standard InChI is InChI=1S/C19H22Cl2N4O5S/c1-12(2)9-18(30-3)10-14(31(4,28)29)7-8-19(18,21)25(17(26)27)16-22-15-6-5-13(20)11-24(15)23-16/h5-8,10-12H,9H2,1-4H3,(H,26,27). The van der Waals surface area contributed by atoms with E-state index in [1.807, 2.05) is 13.8 Å². The van der Waals surface area contributed by atoms with E-state index in [2.05, 4.69) is 10.1 Å². The molecule has 9 nitrogen and oxygen atoms in total. The van der Waals surface area contributed by atoms with E-state index < -0.39 is 26.5 Å². The van der Waals surface area contributed by atoms with Gasteiger partial charge < -0.3 is 9.84 Å². The highest BCUT2D eigenvalue weighted by atomic mass is 35.5. The Labute approximate surface area is 189 Å². The lowest BCUT2D eigenvalue weighted by Gasteiger charge is -2.48. The van der Waals surface area contributed by atoms with E-state index in [-0.39, 0.29) is 23.2 Å². The van der Waals surface area contributed by atoms with Gasteiger partial charge in [0.15, 0.2) is 20.5 Å². The number of sulfone groups is 1. The number of ether oxygens (including phenoxy) is 1. The maximum atomic E-state index is 12.4. The van der Waals surface area contributed by atoms with Crippen molar-refractivity contribution in [2.45, 2.75) is 30.9 Å². The first kappa shape index (κ1) is 23.5. The molecule has 0 spiro atoms. The van der Waals surface area contributed by atoms with Gasteiger partial charge in [-0.3, -0.25) is 0 Å². The number of nitrogens with zero attached hydrogens (tertiary/aromatic N) is 4. The number of hydrogen-bond donors (Lipinski definition) is 1. The van der Waals surface area contributed by atoms with Crippen LogP contribution in [0.25, 0.3) is 5.65 Å². The molecule has 1 aliphatic carbocycles. The number of amides is 1. The number of anilines is 1. The number of carbonyl (C=O) groups is 1. The number of allylic oxidation sites excluding steroid dienone is 1. The van der Waals surface area contributed by atoms with Gasteiger partial charge in [-0.05, 0) is 42.7 Å². The number of hydrogen-bond acceptors (Lipinski definition) is 6. The van der Waals surface area contributed by atoms with Crippen LogP contribution in [0, 0.1) is 5.92 Å². The van der Waals surface area contributed by atoms with Crippen LogP contribution < -0.4 is 4.90 Å². The first-order chi connectivity index (χ1) is 14.3. The Balaban J connectivity index is 2.26. The molecule has 1 amide bonds. The highest BCUT2D eigenvalue weighted by molar-refractivity contribution is 7.94. The van der Waals surface area contributed by atoms with Crippen molar-refractivity contribution in [2.24, 2.45) is 5.92 Å². The van der Waals surface area contributed by atoms with E-state index in [4.69, 9.17) is 27.9 Å². The van der Waals surface area contributed by atoms with Crippen molar-refractivity contribution in [1.29, 1.82) is 0 Å². The molecule has 3 rings (SSSR count). The van der Waals surface area contributed by atoms with E-state index in [0.717, 1.165) is 11.2 Å². The second-order valence-corrected chi connectivity index (χ2v) is 10.7. The molecule has 0 fully saturated rings. The quantitative estimate of drug-likeness (QED) is 0.486. The van der Waals surface area contributed by atoms with Crippen molar-refractivity contribution >= 4 is 50.7 Å². The summed E-state index contributed by atoms with van der Waals surface area (Å²) in [6, 6.07) is 3.17. The lowest BCUT2D eigenvalue weighted by atomic mass is 9.81. The number of carboxylic acid groups (broad SMARTS) is 1. The summed E-state index contributed by atoms with van der Waals surface area (Å²) in [5, 5.41) is 14.7. The van der Waals surface area contributed by atoms with Crippen molar-refractivity contribution < 1.29 is 23.1 Å². The maximum Gasteiger partial charge on any atom is 0.416 e. The van der Waals surface area contributed by atoms with Crippen LogP contribution in [-0.2, 0) is 14.6 Å². The molecule has 0 radical (unpaired) electrons. The molecule has 2 aromatic heterocycles. The minimum absolute atomic E-state index is 0.0219. The van der Waals surface area contributed by atoms with Crippen molar-refractivity contribution in [3.8, 4) is 0 Å². The molecule has 0 saturated heterocycles. The van der Waals surface area contributed by atoms with Crippen LogP contribution in [-0.4, -0.2) is 58.2 Å². The van der Waals surface area contributed by atoms with Crippen LogP contribution in [0.1, 0.15) is 20.3 Å². The third kappa shape index (κ3) is 4.17. The molecule has 0 bridgehead atoms. The molecule has 2 unspecified atom stereocenters. The highest BCUT2D eigenvalue weighted by Gasteiger charge is 2.57. The van der Waals surface area contributed by atoms with Gasteiger partial charge in [-0.15, -0.1) is 5.10 Å². The molecule has 0 saturated carbocycles. The van der Waals surface area contributed by atoms with Crippen molar-refractivity contribution in [3.05, 3.63) is 46.5 Å². The lowest BCUT2D eigenvalue weighted by Crippen LogP contribution is -2.63. The lowest BCUT2D eigenvalue weighted by molar-refractivity contribution is -0.00976. The van der Waals surface area contributed by atoms with Gasteiger partial charge >= 0.3 is 6.09 Å². The molecule has 2 heterocycles. The molecule has 0 aliphatic heterocycles. The number of pyridine rings is 1. The Kier molecular flexibility index (Phi) is 6.13. The summed E-state index contributed by atoms with van der Waals surface area (Å²) in [5.41, 5.74) is -1.17. The van der Waals surface area contributed by atoms with Crippen molar-refractivity contribution in [3.63, 3.8) is 0 Å². The van der Waals surface area contributed by atoms with Gasteiger partial charge in [-0.25, -0.2) is 22.6 Å². The molecule has 2 aromatic rings. The number of rotatable bonds is 6. The summed E-state index contributed by atoms with van der Waals surface area (Å²) in [5.74, 6) is -0.235. The van der Waals surface area contributed by atoms with Gasteiger partial charge in [0.25, 0.3) is 5.95 Å². The van der Waals surface area contributed by atoms with Gasteiger partial charge in [-0.1, -0.05) is 37.0 Å². The summed E-state index contributed by atoms with van der Waals surface area (Å²) in [4.78, 5) is 15.6. The topological polar surface area (TPSA) is 114 Å². The molecule has 2 atom stereocenters. The molecule has 168 valence electrons. The van der Waals surface area contributed by atoms with Gasteiger partial charge in [0, 0.05) is 19.6 Å². The van der Waals surface area contributed by atoms with Crippen LogP contribution in [0.3, 0.4) is 0 Å². The minimum Gasteiger partial charge on any atom is -0.465 e. The van der Waals surface area contributed by atoms with E-state index in [1.54, 1.807) is 12.1 Å². The Morgan fingerprint density at radius 2 is 2.06 bits per heavy atom. The monoisotopic (exact) mass is 488 g/mol. The number of fused-ring (bicyclic) bond motifs is 1. The van der Waals surface area contributed by atoms with Gasteiger partial charge in [0.05, 0.1) is 9.93 Å². The summed E-state index contributed by atoms with van der Waals surface area (Å²) >= 11 is 13.0. The Morgan fingerprint density at radius 1 is 1.39 bits per heavy atom. The van der Waals surface area contributed by atoms with Crippen LogP contribution in [0.4, 0.5) is 10.7 Å². The van der Waals surface area contributed by atoms with Crippen LogP contribution in [0.2, 0.25) is 5.02 Å². The minimum atomic E-state index is -3.61. The second-order valence-electron chi connectivity index (χ2n) is 7.70. The largest absolute Gasteiger partial charge is 0.465 e. The summed E-state index contributed by atoms with van der Waals surface area (Å²) in [7, 11) is -2.26. The average Bonchev–Trinajstić information content (AvgIpc) is 3.04. The maximum absolute atomic E-state index is 12.4. The summed E-state index contributed by atoms with van der Waals surface area (Å²) in [6.45, 7) is 3.78. The molecule has 0 aromatic carbocycles. The Bertz CT molecular complexity index is 1190. The number of aromatic nitrogens is 3. The number of methoxy groups -OCH3 is 1. The zero-order valence-corrected chi connectivity index (χ0v) is 19.6. The summed E-state index contributed by atoms with van der Waals surface area (Å²) < 4.78 is 31.5. The van der Waals surface area contributed by atoms with E-state index in [9.17, 15) is 18.3 Å². The SMILES string of the molecule is COC1(CC(C)C)C=C(S(C)(=O)=O)C=CC1(Cl)N(C(=O)O)c1nc2ccc(Cl)cn2n1. The predicted molar refractivity (Wildman–Crippen MR) is 118 cm³/mol. The number of halogens is 2. The first-order valence-electron chi connectivity index (χ1n) is 9.24. The third-order valence-electron chi connectivity index (χ3n) is 4.94. The number of alkyl halides is 1. The Morgan fingerprint density at radius 3 is 2.61 bits per heavy atom.